The molecule has 1 fully saturated rings. The van der Waals surface area contributed by atoms with Gasteiger partial charge in [0, 0.05) is 6.54 Å². The molecule has 48 valence electrons. The zero-order valence-electron chi connectivity index (χ0n) is 4.91. The Balaban J connectivity index is 2.33. The Morgan fingerprint density at radius 2 is 2.50 bits per heavy atom. The molecule has 8 heavy (non-hydrogen) atoms. The molecule has 1 rings (SSSR count). The maximum atomic E-state index is 12.6. The molecule has 1 unspecified atom stereocenters. The molecule has 0 aromatic heterocycles. The lowest BCUT2D eigenvalue weighted by Gasteiger charge is -2.26. The minimum Gasteiger partial charge on any atom is -0.344 e. The lowest BCUT2D eigenvalue weighted by atomic mass is 10.3. The quantitative estimate of drug-likeness (QED) is 0.495. The third kappa shape index (κ3) is 1.42. The lowest BCUT2D eigenvalue weighted by molar-refractivity contribution is -0.144. The molecule has 1 aliphatic heterocycles. The van der Waals surface area contributed by atoms with Gasteiger partial charge >= 0.3 is 0 Å². The summed E-state index contributed by atoms with van der Waals surface area (Å²) in [7, 11) is 0. The van der Waals surface area contributed by atoms with Crippen molar-refractivity contribution >= 4 is 0 Å². The molecule has 1 heterocycles. The van der Waals surface area contributed by atoms with Crippen LogP contribution in [-0.4, -0.2) is 25.6 Å². The molecule has 1 saturated heterocycles. The van der Waals surface area contributed by atoms with Gasteiger partial charge < -0.3 is 10.1 Å². The van der Waals surface area contributed by atoms with E-state index in [2.05, 4.69) is 5.32 Å². The molecule has 3 heteroatoms. The van der Waals surface area contributed by atoms with Gasteiger partial charge in [0.2, 0.25) is 5.85 Å². The van der Waals surface area contributed by atoms with Gasteiger partial charge in [0.25, 0.3) is 0 Å². The fourth-order valence-corrected chi connectivity index (χ4v) is 0.699. The van der Waals surface area contributed by atoms with Crippen LogP contribution in [0.4, 0.5) is 4.39 Å². The second-order valence-electron chi connectivity index (χ2n) is 2.13. The van der Waals surface area contributed by atoms with Gasteiger partial charge in [-0.05, 0) is 6.92 Å². The number of hydrogen-bond acceptors (Lipinski definition) is 2. The lowest BCUT2D eigenvalue weighted by Crippen LogP contribution is -2.44. The highest BCUT2D eigenvalue weighted by atomic mass is 19.2. The maximum Gasteiger partial charge on any atom is 0.218 e. The molecule has 0 spiro atoms. The Morgan fingerprint density at radius 1 is 1.75 bits per heavy atom. The second kappa shape index (κ2) is 1.99. The van der Waals surface area contributed by atoms with Crippen LogP contribution in [0.1, 0.15) is 6.92 Å². The van der Waals surface area contributed by atoms with Crippen LogP contribution >= 0.6 is 0 Å². The molecular formula is C5H10FNO. The molecule has 0 bridgehead atoms. The van der Waals surface area contributed by atoms with Gasteiger partial charge in [-0.15, -0.1) is 0 Å². The normalized spacial score (nSPS) is 39.8. The van der Waals surface area contributed by atoms with Crippen molar-refractivity contribution in [1.82, 2.24) is 5.32 Å². The highest BCUT2D eigenvalue weighted by molar-refractivity contribution is 4.68. The van der Waals surface area contributed by atoms with Crippen LogP contribution < -0.4 is 5.32 Å². The minimum atomic E-state index is -1.43. The summed E-state index contributed by atoms with van der Waals surface area (Å²) in [4.78, 5) is 0. The van der Waals surface area contributed by atoms with Gasteiger partial charge in [0.05, 0.1) is 13.2 Å². The molecule has 0 aromatic carbocycles. The fraction of sp³-hybridized carbons (Fsp3) is 1.00. The van der Waals surface area contributed by atoms with Gasteiger partial charge in [-0.1, -0.05) is 0 Å². The number of alkyl halides is 1. The average Bonchev–Trinajstić information content (AvgIpc) is 1.65. The van der Waals surface area contributed by atoms with Crippen LogP contribution in [0.5, 0.6) is 0 Å². The largest absolute Gasteiger partial charge is 0.344 e. The van der Waals surface area contributed by atoms with Crippen molar-refractivity contribution in [2.75, 3.05) is 19.7 Å². The number of ether oxygens (including phenoxy) is 1. The average molecular weight is 119 g/mol. The molecule has 0 radical (unpaired) electrons. The van der Waals surface area contributed by atoms with E-state index in [0.717, 1.165) is 6.54 Å². The summed E-state index contributed by atoms with van der Waals surface area (Å²) >= 11 is 0. The van der Waals surface area contributed by atoms with Gasteiger partial charge in [0.15, 0.2) is 0 Å². The summed E-state index contributed by atoms with van der Waals surface area (Å²) in [5, 5.41) is 2.88. The zero-order valence-corrected chi connectivity index (χ0v) is 4.91. The third-order valence-electron chi connectivity index (χ3n) is 1.12. The SMILES string of the molecule is CC1(F)CNCCO1. The van der Waals surface area contributed by atoms with Gasteiger partial charge in [-0.2, -0.15) is 0 Å². The van der Waals surface area contributed by atoms with Crippen LogP contribution in [0.2, 0.25) is 0 Å². The van der Waals surface area contributed by atoms with E-state index in [1.807, 2.05) is 0 Å². The first kappa shape index (κ1) is 5.98. The Kier molecular flexibility index (Phi) is 1.49. The van der Waals surface area contributed by atoms with E-state index in [1.54, 1.807) is 0 Å². The highest BCUT2D eigenvalue weighted by Crippen LogP contribution is 2.12. The van der Waals surface area contributed by atoms with Gasteiger partial charge in [-0.25, -0.2) is 4.39 Å². The first-order chi connectivity index (χ1) is 3.71. The van der Waals surface area contributed by atoms with Crippen LogP contribution in [0, 0.1) is 0 Å². The second-order valence-corrected chi connectivity index (χ2v) is 2.13. The topological polar surface area (TPSA) is 21.3 Å². The predicted molar refractivity (Wildman–Crippen MR) is 28.3 cm³/mol. The third-order valence-corrected chi connectivity index (χ3v) is 1.12. The van der Waals surface area contributed by atoms with Crippen molar-refractivity contribution in [1.29, 1.82) is 0 Å². The smallest absolute Gasteiger partial charge is 0.218 e. The molecule has 0 aromatic rings. The van der Waals surface area contributed by atoms with Crippen molar-refractivity contribution in [3.63, 3.8) is 0 Å². The highest BCUT2D eigenvalue weighted by Gasteiger charge is 2.25. The van der Waals surface area contributed by atoms with Crippen molar-refractivity contribution in [2.45, 2.75) is 12.8 Å². The number of rotatable bonds is 0. The number of hydrogen-bond donors (Lipinski definition) is 1. The summed E-state index contributed by atoms with van der Waals surface area (Å²) in [6.45, 7) is 2.98. The molecule has 2 nitrogen and oxygen atoms in total. The molecule has 0 aliphatic carbocycles. The van der Waals surface area contributed by atoms with E-state index < -0.39 is 5.85 Å². The summed E-state index contributed by atoms with van der Waals surface area (Å²) in [6.07, 6.45) is 0. The summed E-state index contributed by atoms with van der Waals surface area (Å²) in [6, 6.07) is 0. The molecular weight excluding hydrogens is 109 g/mol. The minimum absolute atomic E-state index is 0.312. The zero-order chi connectivity index (χ0) is 6.04. The number of halogens is 1. The summed E-state index contributed by atoms with van der Waals surface area (Å²) < 4.78 is 17.3. The fourth-order valence-electron chi connectivity index (χ4n) is 0.699. The molecule has 0 amide bonds. The van der Waals surface area contributed by atoms with E-state index >= 15 is 0 Å². The Morgan fingerprint density at radius 3 is 2.75 bits per heavy atom. The molecule has 1 aliphatic rings. The van der Waals surface area contributed by atoms with Gasteiger partial charge in [0.1, 0.15) is 0 Å². The van der Waals surface area contributed by atoms with Crippen LogP contribution in [0.3, 0.4) is 0 Å². The van der Waals surface area contributed by atoms with Crippen LogP contribution in [0.25, 0.3) is 0 Å². The van der Waals surface area contributed by atoms with E-state index in [4.69, 9.17) is 4.74 Å². The van der Waals surface area contributed by atoms with Crippen LogP contribution in [-0.2, 0) is 4.74 Å². The van der Waals surface area contributed by atoms with Crippen molar-refractivity contribution in [3.8, 4) is 0 Å². The predicted octanol–water partition coefficient (Wildman–Crippen LogP) is 0.292. The van der Waals surface area contributed by atoms with Crippen molar-refractivity contribution in [3.05, 3.63) is 0 Å². The first-order valence-corrected chi connectivity index (χ1v) is 2.74. The van der Waals surface area contributed by atoms with E-state index in [-0.39, 0.29) is 0 Å². The summed E-state index contributed by atoms with van der Waals surface area (Å²) in [5.74, 6) is -1.43. The van der Waals surface area contributed by atoms with Crippen LogP contribution in [0.15, 0.2) is 0 Å². The maximum absolute atomic E-state index is 12.6. The van der Waals surface area contributed by atoms with Gasteiger partial charge in [-0.3, -0.25) is 0 Å². The Bertz CT molecular complexity index is 76.5. The van der Waals surface area contributed by atoms with E-state index in [0.29, 0.717) is 13.2 Å². The molecule has 1 atom stereocenters. The number of morpholine rings is 1. The van der Waals surface area contributed by atoms with E-state index in [1.165, 1.54) is 6.92 Å². The van der Waals surface area contributed by atoms with E-state index in [9.17, 15) is 4.39 Å². The Labute approximate surface area is 48.0 Å². The first-order valence-electron chi connectivity index (χ1n) is 2.74. The summed E-state index contributed by atoms with van der Waals surface area (Å²) in [5.41, 5.74) is 0. The monoisotopic (exact) mass is 119 g/mol. The molecule has 0 saturated carbocycles. The van der Waals surface area contributed by atoms with Crippen molar-refractivity contribution < 1.29 is 9.13 Å². The molecule has 1 N–H and O–H groups in total. The van der Waals surface area contributed by atoms with Crippen molar-refractivity contribution in [2.24, 2.45) is 0 Å². The number of nitrogens with one attached hydrogen (secondary N) is 1. The standard InChI is InChI=1S/C5H10FNO/c1-5(6)4-7-2-3-8-5/h7H,2-4H2,1H3. The Hall–Kier alpha value is -0.150.